The highest BCUT2D eigenvalue weighted by Gasteiger charge is 2.63. The third-order valence-corrected chi connectivity index (χ3v) is 19.1. The normalized spacial score (nSPS) is 38.4. The van der Waals surface area contributed by atoms with Gasteiger partial charge in [0.15, 0.2) is 26.0 Å². The summed E-state index contributed by atoms with van der Waals surface area (Å²) in [6.45, 7) is 21.1. The van der Waals surface area contributed by atoms with Crippen LogP contribution in [-0.4, -0.2) is 117 Å². The van der Waals surface area contributed by atoms with Crippen LogP contribution >= 0.6 is 0 Å². The number of hydrogen-bond acceptors (Lipinski definition) is 13. The summed E-state index contributed by atoms with van der Waals surface area (Å²) in [6, 6.07) is 12.1. The van der Waals surface area contributed by atoms with Crippen LogP contribution in [0.5, 0.6) is 0 Å². The van der Waals surface area contributed by atoms with Gasteiger partial charge in [0.1, 0.15) is 30.5 Å². The second kappa shape index (κ2) is 21.2. The molecule has 0 amide bonds. The van der Waals surface area contributed by atoms with Gasteiger partial charge in [-0.2, -0.15) is 0 Å². The minimum atomic E-state index is -2.20. The largest absolute Gasteiger partial charge is 0.458 e. The summed E-state index contributed by atoms with van der Waals surface area (Å²) in [5, 5.41) is 16.4. The number of esters is 2. The zero-order valence-electron chi connectivity index (χ0n) is 39.3. The number of rotatable bonds is 14. The number of hydrogen-bond donors (Lipinski definition) is 2. The molecule has 3 heterocycles. The Balaban J connectivity index is 1.81. The van der Waals surface area contributed by atoms with Crippen LogP contribution in [0.3, 0.4) is 0 Å². The molecule has 346 valence electrons. The van der Waals surface area contributed by atoms with Gasteiger partial charge in [0, 0.05) is 36.8 Å². The fourth-order valence-electron chi connectivity index (χ4n) is 10.3. The highest BCUT2D eigenvalue weighted by atomic mass is 28.4. The molecule has 1 unspecified atom stereocenters. The van der Waals surface area contributed by atoms with Gasteiger partial charge < -0.3 is 48.7 Å². The molecule has 0 bridgehead atoms. The summed E-state index contributed by atoms with van der Waals surface area (Å²) in [5.74, 6) is -7.08. The third-order valence-electron chi connectivity index (χ3n) is 14.4. The number of ether oxygens (including phenoxy) is 5. The Morgan fingerprint density at radius 2 is 1.59 bits per heavy atom. The molecular weight excluding hydrogens is 799 g/mol. The summed E-state index contributed by atoms with van der Waals surface area (Å²) in [7, 11) is 3.44. The van der Waals surface area contributed by atoms with Crippen LogP contribution < -0.4 is 5.73 Å². The maximum absolute atomic E-state index is 14.9. The van der Waals surface area contributed by atoms with E-state index in [1.54, 1.807) is 27.9 Å². The van der Waals surface area contributed by atoms with E-state index in [9.17, 15) is 19.5 Å². The summed E-state index contributed by atoms with van der Waals surface area (Å²) in [4.78, 5) is 50.9. The van der Waals surface area contributed by atoms with E-state index in [1.807, 2.05) is 79.0 Å². The van der Waals surface area contributed by atoms with E-state index < -0.39 is 97.7 Å². The SMILES string of the molecule is CC[C@@H]1OC(=O)[C@H](C)[C@H](O)[C@H](C)[C@@H](OC2O[C@H](C)C[C@H](N(C)C)[C@H]2O[Si](CC)(CC)CC)[C@](C)(OC)C[C@@H](C)C(=O)[C@H](C)[C@H]2[C@H](/C(N)=N/OCc3ccccc3)C(=O)O[C@]21C. The molecule has 15 heteroatoms. The number of benzene rings is 1. The number of aliphatic hydroxyl groups excluding tert-OH is 1. The molecule has 15 atom stereocenters. The molecule has 3 fully saturated rings. The molecule has 0 radical (unpaired) electrons. The van der Waals surface area contributed by atoms with Crippen LogP contribution in [0.1, 0.15) is 101 Å². The summed E-state index contributed by atoms with van der Waals surface area (Å²) in [6.07, 6.45) is -3.53. The number of carbonyl (C=O) groups is 3. The second-order valence-electron chi connectivity index (χ2n) is 18.6. The Labute approximate surface area is 366 Å². The number of likely N-dealkylation sites (N-methyl/N-ethyl adjacent to an activating group) is 1. The molecule has 0 aliphatic carbocycles. The average Bonchev–Trinajstić information content (AvgIpc) is 3.52. The van der Waals surface area contributed by atoms with Gasteiger partial charge in [0.05, 0.1) is 29.8 Å². The number of carbonyl (C=O) groups excluding carboxylic acids is 3. The average molecular weight is 876 g/mol. The van der Waals surface area contributed by atoms with E-state index in [-0.39, 0.29) is 43.2 Å². The van der Waals surface area contributed by atoms with Crippen molar-refractivity contribution in [2.24, 2.45) is 46.4 Å². The van der Waals surface area contributed by atoms with Crippen LogP contribution in [-0.2, 0) is 53.9 Å². The first-order valence-electron chi connectivity index (χ1n) is 22.5. The van der Waals surface area contributed by atoms with Crippen LogP contribution in [0.4, 0.5) is 0 Å². The summed E-state index contributed by atoms with van der Waals surface area (Å²) >= 11 is 0. The molecule has 61 heavy (non-hydrogen) atoms. The number of nitrogens with zero attached hydrogens (tertiary/aromatic N) is 2. The standard InChI is InChI=1S/C46H77N3O11Si/c1-15-34-46(11)36(35(43(53)59-46)41(47)48-55-26-32-22-20-19-21-23-32)29(7)37(50)27(5)25-45(10,54-14)40(30(8)38(51)31(9)42(52)57-34)58-44-39(60-61(16-2,17-3)18-4)33(49(12)13)24-28(6)56-44/h19-23,27-31,33-36,38-40,44,51H,15-18,24-26H2,1-14H3,(H2,47,48)/t27-,28-,29-,30+,31-,33+,34+,35-,36+,38-,39-,40-,44?,45-,46+/m1/s1. The fourth-order valence-corrected chi connectivity index (χ4v) is 13.2. The van der Waals surface area contributed by atoms with Crippen molar-refractivity contribution < 1.29 is 52.4 Å². The van der Waals surface area contributed by atoms with Crippen LogP contribution in [0.25, 0.3) is 0 Å². The van der Waals surface area contributed by atoms with E-state index in [1.165, 1.54) is 0 Å². The molecule has 0 aromatic heterocycles. The lowest BCUT2D eigenvalue weighted by molar-refractivity contribution is -0.298. The number of methoxy groups -OCH3 is 1. The number of oxime groups is 1. The number of aliphatic hydroxyl groups is 1. The predicted octanol–water partition coefficient (Wildman–Crippen LogP) is 6.47. The lowest BCUT2D eigenvalue weighted by Gasteiger charge is -2.50. The molecule has 3 aliphatic rings. The van der Waals surface area contributed by atoms with Crippen molar-refractivity contribution in [3.8, 4) is 0 Å². The molecule has 0 spiro atoms. The van der Waals surface area contributed by atoms with Crippen molar-refractivity contribution in [2.75, 3.05) is 21.2 Å². The van der Waals surface area contributed by atoms with Crippen molar-refractivity contribution in [3.05, 3.63) is 35.9 Å². The van der Waals surface area contributed by atoms with Crippen molar-refractivity contribution in [1.82, 2.24) is 4.90 Å². The molecule has 14 nitrogen and oxygen atoms in total. The minimum Gasteiger partial charge on any atom is -0.458 e. The first kappa shape index (κ1) is 50.7. The highest BCUT2D eigenvalue weighted by Crippen LogP contribution is 2.48. The molecule has 3 saturated heterocycles. The van der Waals surface area contributed by atoms with Crippen LogP contribution in [0, 0.1) is 35.5 Å². The third kappa shape index (κ3) is 10.9. The molecule has 1 aromatic carbocycles. The van der Waals surface area contributed by atoms with Crippen LogP contribution in [0.2, 0.25) is 18.1 Å². The fraction of sp³-hybridized carbons (Fsp3) is 0.783. The Hall–Kier alpha value is -2.92. The Morgan fingerprint density at radius 1 is 0.967 bits per heavy atom. The first-order chi connectivity index (χ1) is 28.7. The van der Waals surface area contributed by atoms with Crippen molar-refractivity contribution in [2.45, 2.75) is 174 Å². The van der Waals surface area contributed by atoms with Crippen molar-refractivity contribution >= 4 is 31.9 Å². The molecule has 3 aliphatic heterocycles. The monoisotopic (exact) mass is 876 g/mol. The Bertz CT molecular complexity index is 1640. The lowest BCUT2D eigenvalue weighted by atomic mass is 9.67. The van der Waals surface area contributed by atoms with Gasteiger partial charge in [0.2, 0.25) is 0 Å². The quantitative estimate of drug-likeness (QED) is 0.0685. The number of nitrogens with two attached hydrogens (primary N) is 1. The molecule has 1 aromatic rings. The van der Waals surface area contributed by atoms with Gasteiger partial charge in [-0.15, -0.1) is 0 Å². The van der Waals surface area contributed by atoms with Crippen molar-refractivity contribution in [1.29, 1.82) is 0 Å². The number of amidine groups is 1. The topological polar surface area (TPSA) is 178 Å². The zero-order valence-corrected chi connectivity index (χ0v) is 40.3. The van der Waals surface area contributed by atoms with Gasteiger partial charge in [-0.05, 0) is 84.7 Å². The zero-order chi connectivity index (χ0) is 45.6. The highest BCUT2D eigenvalue weighted by molar-refractivity contribution is 6.73. The minimum absolute atomic E-state index is 0.0302. The van der Waals surface area contributed by atoms with E-state index >= 15 is 0 Å². The first-order valence-corrected chi connectivity index (χ1v) is 25.0. The van der Waals surface area contributed by atoms with Gasteiger partial charge >= 0.3 is 11.9 Å². The number of ketones is 1. The smallest absolute Gasteiger partial charge is 0.317 e. The van der Waals surface area contributed by atoms with Gasteiger partial charge in [-0.1, -0.05) is 84.0 Å². The number of cyclic esters (lactones) is 1. The molecular formula is C46H77N3O11Si. The maximum atomic E-state index is 14.9. The van der Waals surface area contributed by atoms with E-state index in [0.717, 1.165) is 30.1 Å². The van der Waals surface area contributed by atoms with E-state index in [0.29, 0.717) is 0 Å². The maximum Gasteiger partial charge on any atom is 0.317 e. The van der Waals surface area contributed by atoms with Crippen LogP contribution in [0.15, 0.2) is 35.5 Å². The predicted molar refractivity (Wildman–Crippen MR) is 236 cm³/mol. The lowest BCUT2D eigenvalue weighted by Crippen LogP contribution is -2.62. The molecule has 0 saturated carbocycles. The number of Topliss-reactive ketones (excluding diaryl/α,β-unsaturated/α-hetero) is 1. The Morgan fingerprint density at radius 3 is 2.15 bits per heavy atom. The molecule has 4 rings (SSSR count). The Kier molecular flexibility index (Phi) is 17.6. The summed E-state index contributed by atoms with van der Waals surface area (Å²) < 4.78 is 39.8. The van der Waals surface area contributed by atoms with Gasteiger partial charge in [-0.3, -0.25) is 14.4 Å². The van der Waals surface area contributed by atoms with E-state index in [2.05, 4.69) is 30.8 Å². The van der Waals surface area contributed by atoms with Crippen molar-refractivity contribution in [3.63, 3.8) is 0 Å². The van der Waals surface area contributed by atoms with E-state index in [4.69, 9.17) is 38.7 Å². The van der Waals surface area contributed by atoms with Gasteiger partial charge in [-0.25, -0.2) is 0 Å². The molecule has 3 N–H and O–H groups in total. The van der Waals surface area contributed by atoms with Gasteiger partial charge in [0.25, 0.3) is 0 Å². The number of fused-ring (bicyclic) bond motifs is 1. The second-order valence-corrected chi connectivity index (χ2v) is 23.4. The summed E-state index contributed by atoms with van der Waals surface area (Å²) in [5.41, 5.74) is 4.73.